The van der Waals surface area contributed by atoms with Gasteiger partial charge in [0.05, 0.1) is 6.20 Å². The van der Waals surface area contributed by atoms with E-state index in [-0.39, 0.29) is 0 Å². The van der Waals surface area contributed by atoms with Gasteiger partial charge in [-0.25, -0.2) is 0 Å². The summed E-state index contributed by atoms with van der Waals surface area (Å²) < 4.78 is 0. The minimum Gasteiger partial charge on any atom is -0.311 e. The first-order valence-electron chi connectivity index (χ1n) is 8.11. The van der Waals surface area contributed by atoms with Crippen LogP contribution in [0.4, 0.5) is 0 Å². The summed E-state index contributed by atoms with van der Waals surface area (Å²) in [5.41, 5.74) is 8.85. The Morgan fingerprint density at radius 1 is 0.957 bits per heavy atom. The Hall–Kier alpha value is -2.38. The van der Waals surface area contributed by atoms with E-state index in [1.807, 2.05) is 0 Å². The monoisotopic (exact) mass is 302 g/mol. The lowest BCUT2D eigenvalue weighted by atomic mass is 9.90. The molecule has 1 aliphatic heterocycles. The van der Waals surface area contributed by atoms with E-state index in [1.54, 1.807) is 0 Å². The molecule has 2 aromatic carbocycles. The number of benzene rings is 2. The summed E-state index contributed by atoms with van der Waals surface area (Å²) in [4.78, 5) is 0. The number of allylic oxidation sites excluding steroid dienone is 3. The zero-order valence-electron chi connectivity index (χ0n) is 14.1. The van der Waals surface area contributed by atoms with Crippen LogP contribution in [0.5, 0.6) is 0 Å². The maximum atomic E-state index is 4.16. The van der Waals surface area contributed by atoms with Crippen molar-refractivity contribution in [2.24, 2.45) is 0 Å². The van der Waals surface area contributed by atoms with Gasteiger partial charge in [-0.2, -0.15) is 0 Å². The van der Waals surface area contributed by atoms with Gasteiger partial charge in [0.1, 0.15) is 6.04 Å². The predicted molar refractivity (Wildman–Crippen MR) is 99.0 cm³/mol. The van der Waals surface area contributed by atoms with Crippen molar-refractivity contribution in [1.82, 2.24) is 0 Å². The van der Waals surface area contributed by atoms with Crippen LogP contribution in [0.15, 0.2) is 67.4 Å². The lowest BCUT2D eigenvalue weighted by molar-refractivity contribution is -0.622. The molecule has 1 nitrogen and oxygen atoms in total. The van der Waals surface area contributed by atoms with E-state index in [9.17, 15) is 0 Å². The second-order valence-corrected chi connectivity index (χ2v) is 6.45. The van der Waals surface area contributed by atoms with Crippen molar-refractivity contribution in [2.45, 2.75) is 26.8 Å². The van der Waals surface area contributed by atoms with Crippen molar-refractivity contribution >= 4 is 5.57 Å². The SMILES string of the molecule is C=C(C)c1ccc(-c2cc(C)cc(C)c2)cc1C1C=CC=C[NH2+]1. The molecule has 0 fully saturated rings. The molecule has 0 saturated carbocycles. The van der Waals surface area contributed by atoms with Crippen molar-refractivity contribution < 1.29 is 5.32 Å². The van der Waals surface area contributed by atoms with Gasteiger partial charge in [-0.3, -0.25) is 0 Å². The molecular formula is C22H24N+. The molecule has 2 N–H and O–H groups in total. The van der Waals surface area contributed by atoms with Gasteiger partial charge in [0, 0.05) is 5.56 Å². The molecule has 0 aromatic heterocycles. The highest BCUT2D eigenvalue weighted by molar-refractivity contribution is 5.72. The van der Waals surface area contributed by atoms with Crippen molar-refractivity contribution in [3.05, 3.63) is 89.7 Å². The second kappa shape index (κ2) is 6.39. The summed E-state index contributed by atoms with van der Waals surface area (Å²) in [7, 11) is 0. The summed E-state index contributed by atoms with van der Waals surface area (Å²) in [5, 5.41) is 2.24. The van der Waals surface area contributed by atoms with E-state index in [2.05, 4.69) is 93.5 Å². The third kappa shape index (κ3) is 3.35. The Labute approximate surface area is 139 Å². The van der Waals surface area contributed by atoms with Crippen LogP contribution in [0.25, 0.3) is 16.7 Å². The highest BCUT2D eigenvalue weighted by Crippen LogP contribution is 2.30. The summed E-state index contributed by atoms with van der Waals surface area (Å²) in [6, 6.07) is 13.8. The van der Waals surface area contributed by atoms with Gasteiger partial charge in [0.2, 0.25) is 0 Å². The van der Waals surface area contributed by atoms with Crippen molar-refractivity contribution in [3.8, 4) is 11.1 Å². The summed E-state index contributed by atoms with van der Waals surface area (Å²) >= 11 is 0. The van der Waals surface area contributed by atoms with Gasteiger partial charge in [0.15, 0.2) is 0 Å². The predicted octanol–water partition coefficient (Wildman–Crippen LogP) is 4.69. The Morgan fingerprint density at radius 3 is 2.30 bits per heavy atom. The van der Waals surface area contributed by atoms with Gasteiger partial charge in [-0.05, 0) is 55.7 Å². The molecule has 1 atom stereocenters. The van der Waals surface area contributed by atoms with Crippen molar-refractivity contribution in [1.29, 1.82) is 0 Å². The lowest BCUT2D eigenvalue weighted by Gasteiger charge is -2.18. The molecule has 1 heteroatoms. The molecule has 116 valence electrons. The molecule has 1 unspecified atom stereocenters. The largest absolute Gasteiger partial charge is 0.311 e. The number of hydrogen-bond donors (Lipinski definition) is 1. The molecule has 2 aromatic rings. The van der Waals surface area contributed by atoms with E-state index in [0.717, 1.165) is 5.57 Å². The van der Waals surface area contributed by atoms with Gasteiger partial charge >= 0.3 is 0 Å². The molecule has 1 heterocycles. The van der Waals surface area contributed by atoms with Gasteiger partial charge in [0.25, 0.3) is 0 Å². The minimum atomic E-state index is 0.317. The topological polar surface area (TPSA) is 16.6 Å². The van der Waals surface area contributed by atoms with Gasteiger partial charge in [-0.1, -0.05) is 59.7 Å². The minimum absolute atomic E-state index is 0.317. The Bertz CT molecular complexity index is 788. The standard InChI is InChI=1S/C22H23N/c1-15(2)20-9-8-18(19-12-16(3)11-17(4)13-19)14-21(20)22-7-5-6-10-23-22/h5-14,22-23H,1H2,2-4H3/p+1. The third-order valence-electron chi connectivity index (χ3n) is 4.28. The van der Waals surface area contributed by atoms with Crippen LogP contribution in [0.2, 0.25) is 0 Å². The first-order chi connectivity index (χ1) is 11.0. The maximum Gasteiger partial charge on any atom is 0.135 e. The molecule has 0 amide bonds. The summed E-state index contributed by atoms with van der Waals surface area (Å²) in [5.74, 6) is 0. The van der Waals surface area contributed by atoms with Crippen molar-refractivity contribution in [3.63, 3.8) is 0 Å². The highest BCUT2D eigenvalue weighted by Gasteiger charge is 2.17. The number of quaternary nitrogens is 1. The van der Waals surface area contributed by atoms with Crippen LogP contribution in [0.3, 0.4) is 0 Å². The van der Waals surface area contributed by atoms with E-state index in [0.29, 0.717) is 6.04 Å². The van der Waals surface area contributed by atoms with Crippen LogP contribution in [0.1, 0.15) is 35.2 Å². The molecule has 1 aliphatic rings. The first-order valence-corrected chi connectivity index (χ1v) is 8.11. The van der Waals surface area contributed by atoms with Crippen LogP contribution < -0.4 is 5.32 Å². The van der Waals surface area contributed by atoms with Crippen LogP contribution in [-0.2, 0) is 0 Å². The smallest absolute Gasteiger partial charge is 0.135 e. The van der Waals surface area contributed by atoms with E-state index < -0.39 is 0 Å². The fraction of sp³-hybridized carbons (Fsp3) is 0.182. The first kappa shape index (κ1) is 15.5. The highest BCUT2D eigenvalue weighted by atomic mass is 14.9. The van der Waals surface area contributed by atoms with E-state index in [4.69, 9.17) is 0 Å². The van der Waals surface area contributed by atoms with Gasteiger partial charge in [-0.15, -0.1) is 0 Å². The Balaban J connectivity index is 2.11. The lowest BCUT2D eigenvalue weighted by Crippen LogP contribution is -2.79. The molecule has 0 aliphatic carbocycles. The second-order valence-electron chi connectivity index (χ2n) is 6.45. The number of rotatable bonds is 3. The third-order valence-corrected chi connectivity index (χ3v) is 4.28. The average Bonchev–Trinajstić information content (AvgIpc) is 2.54. The zero-order chi connectivity index (χ0) is 16.4. The van der Waals surface area contributed by atoms with Crippen LogP contribution in [0, 0.1) is 13.8 Å². The normalized spacial score (nSPS) is 16.6. The molecular weight excluding hydrogens is 278 g/mol. The molecule has 3 rings (SSSR count). The average molecular weight is 302 g/mol. The molecule has 0 radical (unpaired) electrons. The number of hydrogen-bond acceptors (Lipinski definition) is 0. The zero-order valence-corrected chi connectivity index (χ0v) is 14.1. The maximum absolute atomic E-state index is 4.16. The van der Waals surface area contributed by atoms with Crippen molar-refractivity contribution in [2.75, 3.05) is 0 Å². The summed E-state index contributed by atoms with van der Waals surface area (Å²) in [6.45, 7) is 10.5. The Kier molecular flexibility index (Phi) is 4.31. The number of aryl methyl sites for hydroxylation is 2. The quantitative estimate of drug-likeness (QED) is 0.847. The number of nitrogens with two attached hydrogens (primary N) is 1. The Morgan fingerprint density at radius 2 is 1.70 bits per heavy atom. The molecule has 0 spiro atoms. The molecule has 0 bridgehead atoms. The van der Waals surface area contributed by atoms with E-state index in [1.165, 1.54) is 33.4 Å². The fourth-order valence-corrected chi connectivity index (χ4v) is 3.25. The molecule has 0 saturated heterocycles. The van der Waals surface area contributed by atoms with Crippen LogP contribution in [-0.4, -0.2) is 0 Å². The van der Waals surface area contributed by atoms with Crippen LogP contribution >= 0.6 is 0 Å². The van der Waals surface area contributed by atoms with Gasteiger partial charge < -0.3 is 5.32 Å². The fourth-order valence-electron chi connectivity index (χ4n) is 3.25. The molecule has 23 heavy (non-hydrogen) atoms. The summed E-state index contributed by atoms with van der Waals surface area (Å²) in [6.07, 6.45) is 8.56. The van der Waals surface area contributed by atoms with E-state index >= 15 is 0 Å².